The van der Waals surface area contributed by atoms with Gasteiger partial charge in [-0.2, -0.15) is 0 Å². The number of rotatable bonds is 3. The Hall–Kier alpha value is -2.14. The summed E-state index contributed by atoms with van der Waals surface area (Å²) in [5.41, 5.74) is 1.19. The number of carboxylic acids is 1. The molecule has 0 atom stereocenters. The number of benzene rings is 1. The van der Waals surface area contributed by atoms with E-state index in [0.717, 1.165) is 5.39 Å². The molecule has 1 aliphatic rings. The van der Waals surface area contributed by atoms with Crippen LogP contribution in [-0.4, -0.2) is 40.0 Å². The molecule has 1 aliphatic heterocycles. The van der Waals surface area contributed by atoms with E-state index in [1.807, 2.05) is 18.2 Å². The summed E-state index contributed by atoms with van der Waals surface area (Å²) in [6.07, 6.45) is 0.0988. The number of aliphatic carboxylic acids is 1. The van der Waals surface area contributed by atoms with E-state index in [4.69, 9.17) is 16.7 Å². The normalized spacial score (nSPS) is 15.0. The highest BCUT2D eigenvalue weighted by Gasteiger charge is 2.33. The van der Waals surface area contributed by atoms with Crippen LogP contribution in [0.5, 0.6) is 0 Å². The maximum atomic E-state index is 12.5. The van der Waals surface area contributed by atoms with Crippen LogP contribution in [0, 0.1) is 5.92 Å². The maximum Gasteiger partial charge on any atom is 0.303 e. The lowest BCUT2D eigenvalue weighted by atomic mass is 9.95. The van der Waals surface area contributed by atoms with E-state index in [0.29, 0.717) is 24.2 Å². The average molecular weight is 305 g/mol. The van der Waals surface area contributed by atoms with Gasteiger partial charge in [-0.25, -0.2) is 4.98 Å². The zero-order valence-electron chi connectivity index (χ0n) is 11.1. The number of aromatic nitrogens is 1. The number of para-hydroxylation sites is 1. The minimum Gasteiger partial charge on any atom is -0.481 e. The van der Waals surface area contributed by atoms with Crippen molar-refractivity contribution < 1.29 is 14.7 Å². The number of fused-ring (bicyclic) bond motifs is 1. The van der Waals surface area contributed by atoms with E-state index in [2.05, 4.69) is 4.98 Å². The van der Waals surface area contributed by atoms with E-state index in [1.165, 1.54) is 0 Å². The third-order valence-electron chi connectivity index (χ3n) is 3.62. The molecule has 108 valence electrons. The highest BCUT2D eigenvalue weighted by Crippen LogP contribution is 2.26. The largest absolute Gasteiger partial charge is 0.481 e. The van der Waals surface area contributed by atoms with Gasteiger partial charge in [-0.15, -0.1) is 0 Å². The van der Waals surface area contributed by atoms with Crippen molar-refractivity contribution in [3.05, 3.63) is 41.0 Å². The fourth-order valence-electron chi connectivity index (χ4n) is 2.60. The molecule has 2 aromatic rings. The van der Waals surface area contributed by atoms with Crippen LogP contribution in [0.1, 0.15) is 16.8 Å². The van der Waals surface area contributed by atoms with Gasteiger partial charge < -0.3 is 10.0 Å². The minimum atomic E-state index is -0.829. The number of halogens is 1. The first-order valence-electron chi connectivity index (χ1n) is 6.61. The summed E-state index contributed by atoms with van der Waals surface area (Å²) in [6, 6.07) is 8.89. The number of hydrogen-bond acceptors (Lipinski definition) is 3. The van der Waals surface area contributed by atoms with E-state index < -0.39 is 5.97 Å². The van der Waals surface area contributed by atoms with Crippen molar-refractivity contribution >= 4 is 34.4 Å². The van der Waals surface area contributed by atoms with Crippen LogP contribution in [0.15, 0.2) is 30.3 Å². The monoisotopic (exact) mass is 304 g/mol. The minimum absolute atomic E-state index is 0.0371. The van der Waals surface area contributed by atoms with E-state index >= 15 is 0 Å². The lowest BCUT2D eigenvalue weighted by Gasteiger charge is -2.38. The SMILES string of the molecule is O=C(O)CC1CN(C(=O)c2cc(Cl)nc3ccccc23)C1. The van der Waals surface area contributed by atoms with Crippen LogP contribution < -0.4 is 0 Å². The summed E-state index contributed by atoms with van der Waals surface area (Å²) in [6.45, 7) is 0.943. The van der Waals surface area contributed by atoms with E-state index in [9.17, 15) is 9.59 Å². The molecule has 0 aliphatic carbocycles. The molecule has 0 bridgehead atoms. The smallest absolute Gasteiger partial charge is 0.303 e. The maximum absolute atomic E-state index is 12.5. The van der Waals surface area contributed by atoms with Gasteiger partial charge >= 0.3 is 5.97 Å². The number of nitrogens with zero attached hydrogens (tertiary/aromatic N) is 2. The first-order valence-corrected chi connectivity index (χ1v) is 6.99. The fourth-order valence-corrected chi connectivity index (χ4v) is 2.80. The van der Waals surface area contributed by atoms with Crippen LogP contribution >= 0.6 is 11.6 Å². The highest BCUT2D eigenvalue weighted by atomic mass is 35.5. The molecule has 1 fully saturated rings. The predicted octanol–water partition coefficient (Wildman–Crippen LogP) is 2.43. The zero-order valence-corrected chi connectivity index (χ0v) is 11.9. The Labute approximate surface area is 126 Å². The molecule has 0 spiro atoms. The van der Waals surface area contributed by atoms with Crippen LogP contribution in [0.2, 0.25) is 5.15 Å². The Kier molecular flexibility index (Phi) is 3.51. The quantitative estimate of drug-likeness (QED) is 0.884. The summed E-state index contributed by atoms with van der Waals surface area (Å²) >= 11 is 5.97. The molecule has 1 N–H and O–H groups in total. The van der Waals surface area contributed by atoms with Crippen LogP contribution in [-0.2, 0) is 4.79 Å². The molecular weight excluding hydrogens is 292 g/mol. The zero-order chi connectivity index (χ0) is 15.0. The van der Waals surface area contributed by atoms with Crippen LogP contribution in [0.3, 0.4) is 0 Å². The summed E-state index contributed by atoms with van der Waals surface area (Å²) in [4.78, 5) is 29.0. The molecule has 21 heavy (non-hydrogen) atoms. The van der Waals surface area contributed by atoms with E-state index in [1.54, 1.807) is 17.0 Å². The van der Waals surface area contributed by atoms with Crippen molar-refractivity contribution in [2.45, 2.75) is 6.42 Å². The molecule has 6 heteroatoms. The molecule has 1 amide bonds. The number of carboxylic acid groups (broad SMARTS) is 1. The molecular formula is C15H13ClN2O3. The second-order valence-corrected chi connectivity index (χ2v) is 5.57. The summed E-state index contributed by atoms with van der Waals surface area (Å²) in [7, 11) is 0. The standard InChI is InChI=1S/C15H13ClN2O3/c16-13-6-11(10-3-1-2-4-12(10)17-13)15(21)18-7-9(8-18)5-14(19)20/h1-4,6,9H,5,7-8H2,(H,19,20). The van der Waals surface area contributed by atoms with Crippen molar-refractivity contribution in [1.82, 2.24) is 9.88 Å². The third-order valence-corrected chi connectivity index (χ3v) is 3.82. The summed E-state index contributed by atoms with van der Waals surface area (Å²) < 4.78 is 0. The topological polar surface area (TPSA) is 70.5 Å². The molecule has 0 saturated carbocycles. The van der Waals surface area contributed by atoms with Gasteiger partial charge in [0.1, 0.15) is 5.15 Å². The number of carbonyl (C=O) groups is 2. The number of hydrogen-bond donors (Lipinski definition) is 1. The van der Waals surface area contributed by atoms with E-state index in [-0.39, 0.29) is 23.4 Å². The summed E-state index contributed by atoms with van der Waals surface area (Å²) in [5.74, 6) is -0.920. The van der Waals surface area contributed by atoms with Gasteiger partial charge in [0.05, 0.1) is 17.5 Å². The van der Waals surface area contributed by atoms with Gasteiger partial charge in [-0.3, -0.25) is 9.59 Å². The van der Waals surface area contributed by atoms with Gasteiger partial charge in [0.15, 0.2) is 0 Å². The van der Waals surface area contributed by atoms with Crippen molar-refractivity contribution in [2.24, 2.45) is 5.92 Å². The lowest BCUT2D eigenvalue weighted by Crippen LogP contribution is -2.50. The Morgan fingerprint density at radius 3 is 2.76 bits per heavy atom. The molecule has 0 radical (unpaired) electrons. The number of carbonyl (C=O) groups excluding carboxylic acids is 1. The van der Waals surface area contributed by atoms with Crippen molar-refractivity contribution in [1.29, 1.82) is 0 Å². The van der Waals surface area contributed by atoms with Gasteiger partial charge in [0.2, 0.25) is 0 Å². The Balaban J connectivity index is 1.85. The Morgan fingerprint density at radius 2 is 2.05 bits per heavy atom. The van der Waals surface area contributed by atoms with Gasteiger partial charge in [0, 0.05) is 24.4 Å². The Morgan fingerprint density at radius 1 is 1.33 bits per heavy atom. The summed E-state index contributed by atoms with van der Waals surface area (Å²) in [5, 5.41) is 9.77. The third kappa shape index (κ3) is 2.69. The second-order valence-electron chi connectivity index (χ2n) is 5.18. The molecule has 1 saturated heterocycles. The second kappa shape index (κ2) is 5.33. The van der Waals surface area contributed by atoms with Gasteiger partial charge in [-0.1, -0.05) is 29.8 Å². The average Bonchev–Trinajstić information content (AvgIpc) is 2.40. The molecule has 1 aromatic heterocycles. The number of amides is 1. The molecule has 3 rings (SSSR count). The first kappa shape index (κ1) is 13.8. The van der Waals surface area contributed by atoms with Crippen molar-refractivity contribution in [3.63, 3.8) is 0 Å². The molecule has 1 aromatic carbocycles. The Bertz CT molecular complexity index is 726. The first-order chi connectivity index (χ1) is 10.0. The van der Waals surface area contributed by atoms with Crippen LogP contribution in [0.25, 0.3) is 10.9 Å². The number of likely N-dealkylation sites (tertiary alicyclic amines) is 1. The van der Waals surface area contributed by atoms with Gasteiger partial charge in [-0.05, 0) is 12.1 Å². The fraction of sp³-hybridized carbons (Fsp3) is 0.267. The molecule has 2 heterocycles. The highest BCUT2D eigenvalue weighted by molar-refractivity contribution is 6.30. The van der Waals surface area contributed by atoms with Crippen LogP contribution in [0.4, 0.5) is 0 Å². The molecule has 5 nitrogen and oxygen atoms in total. The number of pyridine rings is 1. The van der Waals surface area contributed by atoms with Crippen molar-refractivity contribution in [3.8, 4) is 0 Å². The van der Waals surface area contributed by atoms with Gasteiger partial charge in [0.25, 0.3) is 5.91 Å². The molecule has 0 unspecified atom stereocenters. The van der Waals surface area contributed by atoms with Crippen molar-refractivity contribution in [2.75, 3.05) is 13.1 Å². The predicted molar refractivity (Wildman–Crippen MR) is 78.4 cm³/mol. The lowest BCUT2D eigenvalue weighted by molar-refractivity contribution is -0.139.